The van der Waals surface area contributed by atoms with Crippen molar-refractivity contribution >= 4 is 11.7 Å². The Balaban J connectivity index is 1.66. The molecule has 0 saturated heterocycles. The molecule has 1 aliphatic heterocycles. The van der Waals surface area contributed by atoms with Crippen LogP contribution in [0.2, 0.25) is 0 Å². The maximum Gasteiger partial charge on any atom is 0.225 e. The Bertz CT molecular complexity index is 961. The van der Waals surface area contributed by atoms with Crippen molar-refractivity contribution in [3.8, 4) is 11.5 Å². The molecule has 2 aromatic carbocycles. The summed E-state index contributed by atoms with van der Waals surface area (Å²) in [6, 6.07) is 15.5. The van der Waals surface area contributed by atoms with Crippen LogP contribution in [-0.2, 0) is 9.59 Å². The van der Waals surface area contributed by atoms with E-state index in [0.29, 0.717) is 19.4 Å². The number of allylic oxidation sites excluding steroid dienone is 2. The van der Waals surface area contributed by atoms with Crippen molar-refractivity contribution in [1.29, 1.82) is 0 Å². The largest absolute Gasteiger partial charge is 0.497 e. The van der Waals surface area contributed by atoms with Gasteiger partial charge in [-0.15, -0.1) is 0 Å². The van der Waals surface area contributed by atoms with Gasteiger partial charge in [0.05, 0.1) is 13.7 Å². The second-order valence-electron chi connectivity index (χ2n) is 7.50. The molecule has 4 rings (SSSR count). The highest BCUT2D eigenvalue weighted by molar-refractivity contribution is 6.02. The van der Waals surface area contributed by atoms with E-state index in [2.05, 4.69) is 5.32 Å². The highest BCUT2D eigenvalue weighted by Crippen LogP contribution is 2.43. The van der Waals surface area contributed by atoms with E-state index in [0.717, 1.165) is 33.9 Å². The van der Waals surface area contributed by atoms with Gasteiger partial charge in [-0.3, -0.25) is 9.59 Å². The Morgan fingerprint density at radius 1 is 0.966 bits per heavy atom. The molecule has 150 valence electrons. The topological polar surface area (TPSA) is 64.6 Å². The van der Waals surface area contributed by atoms with Crippen LogP contribution in [0.3, 0.4) is 0 Å². The summed E-state index contributed by atoms with van der Waals surface area (Å²) in [6.45, 7) is 2.51. The van der Waals surface area contributed by atoms with E-state index in [1.54, 1.807) is 7.11 Å². The highest BCUT2D eigenvalue weighted by atomic mass is 16.5. The van der Waals surface area contributed by atoms with Gasteiger partial charge in [-0.2, -0.15) is 0 Å². The summed E-state index contributed by atoms with van der Waals surface area (Å²) < 4.78 is 10.8. The van der Waals surface area contributed by atoms with Gasteiger partial charge in [-0.1, -0.05) is 24.3 Å². The van der Waals surface area contributed by atoms with Gasteiger partial charge in [0.2, 0.25) is 5.91 Å². The summed E-state index contributed by atoms with van der Waals surface area (Å²) in [4.78, 5) is 25.6. The van der Waals surface area contributed by atoms with Crippen molar-refractivity contribution in [3.05, 3.63) is 70.9 Å². The Morgan fingerprint density at radius 3 is 2.48 bits per heavy atom. The minimum Gasteiger partial charge on any atom is -0.497 e. The van der Waals surface area contributed by atoms with Gasteiger partial charge >= 0.3 is 0 Å². The summed E-state index contributed by atoms with van der Waals surface area (Å²) >= 11 is 0. The highest BCUT2D eigenvalue weighted by Gasteiger charge is 2.38. The number of hydrogen-bond donors (Lipinski definition) is 1. The van der Waals surface area contributed by atoms with Gasteiger partial charge in [0.1, 0.15) is 11.5 Å². The Kier molecular flexibility index (Phi) is 5.38. The van der Waals surface area contributed by atoms with Crippen LogP contribution in [0.15, 0.2) is 59.8 Å². The molecule has 0 radical (unpaired) electrons. The first-order valence-electron chi connectivity index (χ1n) is 10.0. The first kappa shape index (κ1) is 19.2. The lowest BCUT2D eigenvalue weighted by Crippen LogP contribution is -2.38. The molecule has 5 nitrogen and oxygen atoms in total. The molecule has 2 atom stereocenters. The van der Waals surface area contributed by atoms with E-state index in [4.69, 9.17) is 9.47 Å². The number of rotatable bonds is 5. The van der Waals surface area contributed by atoms with E-state index in [1.165, 1.54) is 0 Å². The van der Waals surface area contributed by atoms with Gasteiger partial charge in [-0.25, -0.2) is 0 Å². The standard InChI is InChI=1S/C24H25NO4/c1-3-29-19-6-4-5-16(11-19)20-14-23(27)25-21-12-17(13-22(26)24(20)21)15-7-9-18(28-2)10-8-15/h4-11,17,20H,3,12-14H2,1-2H3,(H,25,27). The van der Waals surface area contributed by atoms with E-state index < -0.39 is 0 Å². The van der Waals surface area contributed by atoms with Gasteiger partial charge < -0.3 is 14.8 Å². The molecule has 1 N–H and O–H groups in total. The molecule has 29 heavy (non-hydrogen) atoms. The number of benzene rings is 2. The Morgan fingerprint density at radius 2 is 1.76 bits per heavy atom. The molecule has 2 aliphatic rings. The fourth-order valence-electron chi connectivity index (χ4n) is 4.34. The molecule has 1 heterocycles. The predicted octanol–water partition coefficient (Wildman–Crippen LogP) is 4.10. The molecular formula is C24H25NO4. The number of ether oxygens (including phenoxy) is 2. The third-order valence-electron chi connectivity index (χ3n) is 5.69. The molecule has 2 aromatic rings. The lowest BCUT2D eigenvalue weighted by atomic mass is 9.73. The number of amides is 1. The van der Waals surface area contributed by atoms with E-state index in [9.17, 15) is 9.59 Å². The molecular weight excluding hydrogens is 366 g/mol. The van der Waals surface area contributed by atoms with Crippen molar-refractivity contribution in [1.82, 2.24) is 5.32 Å². The van der Waals surface area contributed by atoms with E-state index in [-0.39, 0.29) is 29.9 Å². The van der Waals surface area contributed by atoms with Crippen molar-refractivity contribution in [2.24, 2.45) is 0 Å². The van der Waals surface area contributed by atoms with Gasteiger partial charge in [0, 0.05) is 30.0 Å². The number of ketones is 1. The van der Waals surface area contributed by atoms with Crippen molar-refractivity contribution in [2.75, 3.05) is 13.7 Å². The van der Waals surface area contributed by atoms with Crippen molar-refractivity contribution < 1.29 is 19.1 Å². The number of nitrogens with one attached hydrogen (secondary N) is 1. The predicted molar refractivity (Wildman–Crippen MR) is 110 cm³/mol. The van der Waals surface area contributed by atoms with Crippen LogP contribution in [0.1, 0.15) is 49.1 Å². The van der Waals surface area contributed by atoms with Crippen LogP contribution in [0.4, 0.5) is 0 Å². The fourth-order valence-corrected chi connectivity index (χ4v) is 4.34. The fraction of sp³-hybridized carbons (Fsp3) is 0.333. The van der Waals surface area contributed by atoms with E-state index >= 15 is 0 Å². The second kappa shape index (κ2) is 8.11. The van der Waals surface area contributed by atoms with Gasteiger partial charge in [0.25, 0.3) is 0 Å². The van der Waals surface area contributed by atoms with Crippen LogP contribution in [0.25, 0.3) is 0 Å². The average Bonchev–Trinajstić information content (AvgIpc) is 2.73. The number of carbonyl (C=O) groups is 2. The Hall–Kier alpha value is -3.08. The number of methoxy groups -OCH3 is 1. The van der Waals surface area contributed by atoms with Crippen LogP contribution < -0.4 is 14.8 Å². The van der Waals surface area contributed by atoms with Crippen LogP contribution in [0.5, 0.6) is 11.5 Å². The zero-order valence-corrected chi connectivity index (χ0v) is 16.7. The minimum absolute atomic E-state index is 0.0428. The summed E-state index contributed by atoms with van der Waals surface area (Å²) in [6.07, 6.45) is 1.39. The smallest absolute Gasteiger partial charge is 0.225 e. The molecule has 0 saturated carbocycles. The van der Waals surface area contributed by atoms with Crippen LogP contribution >= 0.6 is 0 Å². The maximum atomic E-state index is 13.2. The second-order valence-corrected chi connectivity index (χ2v) is 7.50. The zero-order valence-electron chi connectivity index (χ0n) is 16.7. The lowest BCUT2D eigenvalue weighted by molar-refractivity contribution is -0.122. The van der Waals surface area contributed by atoms with Crippen molar-refractivity contribution in [3.63, 3.8) is 0 Å². The monoisotopic (exact) mass is 391 g/mol. The third kappa shape index (κ3) is 3.90. The summed E-state index contributed by atoms with van der Waals surface area (Å²) in [7, 11) is 1.63. The lowest BCUT2D eigenvalue weighted by Gasteiger charge is -2.34. The summed E-state index contributed by atoms with van der Waals surface area (Å²) in [5.41, 5.74) is 3.56. The molecule has 0 spiro atoms. The number of carbonyl (C=O) groups excluding carboxylic acids is 2. The Labute approximate surface area is 170 Å². The van der Waals surface area contributed by atoms with Crippen LogP contribution in [0, 0.1) is 0 Å². The quantitative estimate of drug-likeness (QED) is 0.834. The van der Waals surface area contributed by atoms with Gasteiger partial charge in [-0.05, 0) is 54.7 Å². The maximum absolute atomic E-state index is 13.2. The minimum atomic E-state index is -0.219. The zero-order chi connectivity index (χ0) is 20.4. The molecule has 0 aromatic heterocycles. The molecule has 2 unspecified atom stereocenters. The number of Topliss-reactive ketones (excluding diaryl/α,β-unsaturated/α-hetero) is 1. The SMILES string of the molecule is CCOc1cccc(C2CC(=O)NC3=C2C(=O)CC(c2ccc(OC)cc2)C3)c1. The normalized spacial score (nSPS) is 21.4. The summed E-state index contributed by atoms with van der Waals surface area (Å²) in [5.74, 6) is 1.45. The molecule has 5 heteroatoms. The van der Waals surface area contributed by atoms with Crippen LogP contribution in [-0.4, -0.2) is 25.4 Å². The average molecular weight is 391 g/mol. The molecule has 1 amide bonds. The first-order chi connectivity index (χ1) is 14.1. The summed E-state index contributed by atoms with van der Waals surface area (Å²) in [5, 5.41) is 2.97. The molecule has 0 fully saturated rings. The number of hydrogen-bond acceptors (Lipinski definition) is 4. The first-order valence-corrected chi connectivity index (χ1v) is 10.0. The van der Waals surface area contributed by atoms with Gasteiger partial charge in [0.15, 0.2) is 5.78 Å². The van der Waals surface area contributed by atoms with E-state index in [1.807, 2.05) is 55.5 Å². The van der Waals surface area contributed by atoms with Crippen molar-refractivity contribution in [2.45, 2.75) is 38.0 Å². The molecule has 0 bridgehead atoms. The molecule has 1 aliphatic carbocycles. The third-order valence-corrected chi connectivity index (χ3v) is 5.69.